The van der Waals surface area contributed by atoms with E-state index in [2.05, 4.69) is 10.3 Å². The Balaban J connectivity index is 1.70. The van der Waals surface area contributed by atoms with E-state index in [0.717, 1.165) is 16.9 Å². The summed E-state index contributed by atoms with van der Waals surface area (Å²) in [5.74, 6) is -0.223. The molecule has 3 N–H and O–H groups in total. The molecular formula is C16H16N4O3S. The van der Waals surface area contributed by atoms with E-state index in [1.54, 1.807) is 34.9 Å². The number of imidazole rings is 1. The van der Waals surface area contributed by atoms with Gasteiger partial charge in [0.05, 0.1) is 16.2 Å². The predicted molar refractivity (Wildman–Crippen MR) is 88.9 cm³/mol. The van der Waals surface area contributed by atoms with Gasteiger partial charge in [-0.2, -0.15) is 0 Å². The Morgan fingerprint density at radius 2 is 1.88 bits per heavy atom. The fourth-order valence-electron chi connectivity index (χ4n) is 2.33. The molecule has 24 heavy (non-hydrogen) atoms. The Morgan fingerprint density at radius 1 is 1.17 bits per heavy atom. The molecule has 1 aromatic carbocycles. The van der Waals surface area contributed by atoms with Crippen LogP contribution in [0.25, 0.3) is 5.65 Å². The Kier molecular flexibility index (Phi) is 4.08. The van der Waals surface area contributed by atoms with Crippen molar-refractivity contribution < 1.29 is 13.2 Å². The molecule has 0 spiro atoms. The lowest BCUT2D eigenvalue weighted by molar-refractivity contribution is 0.0950. The highest BCUT2D eigenvalue weighted by Gasteiger charge is 2.09. The highest BCUT2D eigenvalue weighted by molar-refractivity contribution is 7.89. The number of carbonyl (C=O) groups excluding carboxylic acids is 1. The number of primary sulfonamides is 1. The molecule has 0 saturated heterocycles. The average molecular weight is 344 g/mol. The normalized spacial score (nSPS) is 11.6. The number of nitrogens with one attached hydrogen (secondary N) is 1. The highest BCUT2D eigenvalue weighted by Crippen LogP contribution is 2.10. The maximum absolute atomic E-state index is 12.2. The predicted octanol–water partition coefficient (Wildman–Crippen LogP) is 1.22. The summed E-state index contributed by atoms with van der Waals surface area (Å²) < 4.78 is 24.2. The molecule has 2 aromatic heterocycles. The smallest absolute Gasteiger partial charge is 0.253 e. The van der Waals surface area contributed by atoms with Crippen molar-refractivity contribution in [3.05, 3.63) is 65.6 Å². The van der Waals surface area contributed by atoms with Gasteiger partial charge >= 0.3 is 0 Å². The van der Waals surface area contributed by atoms with Gasteiger partial charge in [-0.1, -0.05) is 12.1 Å². The number of benzene rings is 1. The van der Waals surface area contributed by atoms with Gasteiger partial charge in [-0.15, -0.1) is 0 Å². The van der Waals surface area contributed by atoms with Gasteiger partial charge in [0.1, 0.15) is 5.65 Å². The lowest BCUT2D eigenvalue weighted by Gasteiger charge is -2.07. The van der Waals surface area contributed by atoms with Crippen LogP contribution in [-0.4, -0.2) is 23.7 Å². The molecule has 3 rings (SSSR count). The van der Waals surface area contributed by atoms with Crippen LogP contribution in [0.5, 0.6) is 0 Å². The molecule has 0 bridgehead atoms. The Labute approximate surface area is 139 Å². The summed E-state index contributed by atoms with van der Waals surface area (Å²) in [6.07, 6.45) is 3.56. The summed E-state index contributed by atoms with van der Waals surface area (Å²) in [7, 11) is -3.71. The number of fused-ring (bicyclic) bond motifs is 1. The Hall–Kier alpha value is -2.71. The van der Waals surface area contributed by atoms with Crippen molar-refractivity contribution in [3.8, 4) is 0 Å². The number of pyridine rings is 1. The number of amides is 1. The summed E-state index contributed by atoms with van der Waals surface area (Å²) >= 11 is 0. The molecule has 0 unspecified atom stereocenters. The first-order valence-corrected chi connectivity index (χ1v) is 8.73. The van der Waals surface area contributed by atoms with Crippen molar-refractivity contribution >= 4 is 21.6 Å². The van der Waals surface area contributed by atoms with Crippen molar-refractivity contribution in [1.29, 1.82) is 0 Å². The molecule has 7 nitrogen and oxygen atoms in total. The highest BCUT2D eigenvalue weighted by atomic mass is 32.2. The molecule has 0 fully saturated rings. The van der Waals surface area contributed by atoms with Crippen molar-refractivity contribution in [2.24, 2.45) is 5.14 Å². The van der Waals surface area contributed by atoms with Gasteiger partial charge in [0.25, 0.3) is 5.91 Å². The number of carbonyl (C=O) groups is 1. The summed E-state index contributed by atoms with van der Waals surface area (Å²) in [6, 6.07) is 9.54. The van der Waals surface area contributed by atoms with E-state index in [4.69, 9.17) is 5.14 Å². The molecule has 0 aliphatic rings. The summed E-state index contributed by atoms with van der Waals surface area (Å²) in [5.41, 5.74) is 2.95. The monoisotopic (exact) mass is 344 g/mol. The lowest BCUT2D eigenvalue weighted by atomic mass is 10.2. The molecule has 1 amide bonds. The van der Waals surface area contributed by atoms with Crippen LogP contribution in [0.3, 0.4) is 0 Å². The maximum atomic E-state index is 12.2. The van der Waals surface area contributed by atoms with Crippen molar-refractivity contribution in [2.45, 2.75) is 18.4 Å². The number of aryl methyl sites for hydroxylation is 1. The van der Waals surface area contributed by atoms with Gasteiger partial charge in [-0.05, 0) is 36.8 Å². The lowest BCUT2D eigenvalue weighted by Crippen LogP contribution is -2.23. The minimum atomic E-state index is -3.71. The first kappa shape index (κ1) is 16.2. The second-order valence-electron chi connectivity index (χ2n) is 5.44. The SMILES string of the molecule is Cc1cn2cc(C(=O)NCc3ccc(S(N)(=O)=O)cc3)ccc2n1. The van der Waals surface area contributed by atoms with Gasteiger partial charge in [0.2, 0.25) is 10.0 Å². The molecule has 0 aliphatic carbocycles. The van der Waals surface area contributed by atoms with Crippen LogP contribution in [0.2, 0.25) is 0 Å². The summed E-state index contributed by atoms with van der Waals surface area (Å²) in [5, 5.41) is 7.84. The van der Waals surface area contributed by atoms with Crippen LogP contribution in [0.4, 0.5) is 0 Å². The van der Waals surface area contributed by atoms with Gasteiger partial charge in [-0.3, -0.25) is 4.79 Å². The number of hydrogen-bond acceptors (Lipinski definition) is 4. The topological polar surface area (TPSA) is 107 Å². The number of nitrogens with zero attached hydrogens (tertiary/aromatic N) is 2. The quantitative estimate of drug-likeness (QED) is 0.742. The van der Waals surface area contributed by atoms with E-state index in [9.17, 15) is 13.2 Å². The second-order valence-corrected chi connectivity index (χ2v) is 7.00. The maximum Gasteiger partial charge on any atom is 0.253 e. The number of sulfonamides is 1. The Bertz CT molecular complexity index is 1010. The largest absolute Gasteiger partial charge is 0.348 e. The van der Waals surface area contributed by atoms with Crippen molar-refractivity contribution in [2.75, 3.05) is 0 Å². The van der Waals surface area contributed by atoms with Crippen LogP contribution < -0.4 is 10.5 Å². The average Bonchev–Trinajstić information content (AvgIpc) is 2.91. The summed E-state index contributed by atoms with van der Waals surface area (Å²) in [6.45, 7) is 2.17. The minimum Gasteiger partial charge on any atom is -0.348 e. The van der Waals surface area contributed by atoms with E-state index in [1.807, 2.05) is 13.1 Å². The standard InChI is InChI=1S/C16H16N4O3S/c1-11-9-20-10-13(4-7-15(20)19-11)16(21)18-8-12-2-5-14(6-3-12)24(17,22)23/h2-7,9-10H,8H2,1H3,(H,18,21)(H2,17,22,23). The number of hydrogen-bond donors (Lipinski definition) is 2. The number of aromatic nitrogens is 2. The van der Waals surface area contributed by atoms with Crippen LogP contribution in [0.1, 0.15) is 21.6 Å². The van der Waals surface area contributed by atoms with Crippen LogP contribution >= 0.6 is 0 Å². The number of rotatable bonds is 4. The van der Waals surface area contributed by atoms with Gasteiger partial charge in [-0.25, -0.2) is 18.5 Å². The molecule has 8 heteroatoms. The fourth-order valence-corrected chi connectivity index (χ4v) is 2.85. The zero-order valence-corrected chi connectivity index (χ0v) is 13.7. The molecule has 0 aliphatic heterocycles. The van der Waals surface area contributed by atoms with Crippen LogP contribution in [0, 0.1) is 6.92 Å². The van der Waals surface area contributed by atoms with E-state index in [-0.39, 0.29) is 17.3 Å². The third-order valence-electron chi connectivity index (χ3n) is 3.54. The van der Waals surface area contributed by atoms with E-state index in [1.165, 1.54) is 12.1 Å². The molecule has 0 radical (unpaired) electrons. The molecule has 0 saturated carbocycles. The third-order valence-corrected chi connectivity index (χ3v) is 4.47. The van der Waals surface area contributed by atoms with Gasteiger partial charge < -0.3 is 9.72 Å². The van der Waals surface area contributed by atoms with Gasteiger partial charge in [0.15, 0.2) is 0 Å². The third kappa shape index (κ3) is 3.44. The molecular weight excluding hydrogens is 328 g/mol. The molecule has 124 valence electrons. The molecule has 2 heterocycles. The first-order valence-electron chi connectivity index (χ1n) is 7.18. The van der Waals surface area contributed by atoms with E-state index >= 15 is 0 Å². The first-order chi connectivity index (χ1) is 11.3. The zero-order valence-electron chi connectivity index (χ0n) is 12.9. The minimum absolute atomic E-state index is 0.0403. The van der Waals surface area contributed by atoms with Crippen LogP contribution in [-0.2, 0) is 16.6 Å². The zero-order chi connectivity index (χ0) is 17.3. The van der Waals surface area contributed by atoms with Crippen molar-refractivity contribution in [3.63, 3.8) is 0 Å². The van der Waals surface area contributed by atoms with Gasteiger partial charge in [0, 0.05) is 18.9 Å². The van der Waals surface area contributed by atoms with Crippen LogP contribution in [0.15, 0.2) is 53.7 Å². The Morgan fingerprint density at radius 3 is 2.54 bits per heavy atom. The second kappa shape index (κ2) is 6.06. The number of nitrogens with two attached hydrogens (primary N) is 1. The summed E-state index contributed by atoms with van der Waals surface area (Å²) in [4.78, 5) is 16.6. The fraction of sp³-hybridized carbons (Fsp3) is 0.125. The van der Waals surface area contributed by atoms with Crippen molar-refractivity contribution in [1.82, 2.24) is 14.7 Å². The van der Waals surface area contributed by atoms with E-state index in [0.29, 0.717) is 5.56 Å². The molecule has 3 aromatic rings. The van der Waals surface area contributed by atoms with E-state index < -0.39 is 10.0 Å². The molecule has 0 atom stereocenters.